The number of hydrogen-bond acceptors (Lipinski definition) is 3. The highest BCUT2D eigenvalue weighted by Crippen LogP contribution is 2.03. The summed E-state index contributed by atoms with van der Waals surface area (Å²) in [6.07, 6.45) is 2.40. The third-order valence-electron chi connectivity index (χ3n) is 2.30. The normalized spacial score (nSPS) is 9.47. The Kier molecular flexibility index (Phi) is 9.49. The SMILES string of the molecule is CNCCCCC(=O)OCc1ccccc1.Cl. The van der Waals surface area contributed by atoms with E-state index in [-0.39, 0.29) is 18.4 Å². The number of ether oxygens (including phenoxy) is 1. The minimum atomic E-state index is -0.111. The molecule has 0 aliphatic heterocycles. The summed E-state index contributed by atoms with van der Waals surface area (Å²) >= 11 is 0. The van der Waals surface area contributed by atoms with Gasteiger partial charge in [0.2, 0.25) is 0 Å². The van der Waals surface area contributed by atoms with Crippen LogP contribution in [0.1, 0.15) is 24.8 Å². The molecule has 0 bridgehead atoms. The molecule has 0 amide bonds. The van der Waals surface area contributed by atoms with Crippen molar-refractivity contribution in [2.24, 2.45) is 0 Å². The molecule has 0 spiro atoms. The number of rotatable bonds is 7. The van der Waals surface area contributed by atoms with Crippen LogP contribution in [-0.4, -0.2) is 19.6 Å². The molecule has 0 aliphatic carbocycles. The Hall–Kier alpha value is -1.06. The summed E-state index contributed by atoms with van der Waals surface area (Å²) in [5.41, 5.74) is 1.03. The van der Waals surface area contributed by atoms with Gasteiger partial charge < -0.3 is 10.1 Å². The van der Waals surface area contributed by atoms with Crippen LogP contribution in [-0.2, 0) is 16.1 Å². The minimum Gasteiger partial charge on any atom is -0.461 e. The fourth-order valence-corrected chi connectivity index (χ4v) is 1.38. The van der Waals surface area contributed by atoms with Crippen molar-refractivity contribution in [2.75, 3.05) is 13.6 Å². The lowest BCUT2D eigenvalue weighted by Gasteiger charge is -2.04. The predicted molar refractivity (Wildman–Crippen MR) is 71.3 cm³/mol. The van der Waals surface area contributed by atoms with Gasteiger partial charge in [0.1, 0.15) is 6.61 Å². The standard InChI is InChI=1S/C13H19NO2.ClH/c1-14-10-6-5-9-13(15)16-11-12-7-3-2-4-8-12;/h2-4,7-8,14H,5-6,9-11H2,1H3;1H. The molecule has 0 saturated carbocycles. The number of halogens is 1. The fourth-order valence-electron chi connectivity index (χ4n) is 1.38. The fraction of sp³-hybridized carbons (Fsp3) is 0.462. The van der Waals surface area contributed by atoms with Gasteiger partial charge in [-0.05, 0) is 32.0 Å². The van der Waals surface area contributed by atoms with E-state index in [1.165, 1.54) is 0 Å². The first-order chi connectivity index (χ1) is 7.83. The van der Waals surface area contributed by atoms with E-state index in [0.717, 1.165) is 24.9 Å². The lowest BCUT2D eigenvalue weighted by atomic mass is 10.2. The number of nitrogens with one attached hydrogen (secondary N) is 1. The van der Waals surface area contributed by atoms with Crippen LogP contribution in [0.5, 0.6) is 0 Å². The molecule has 0 fully saturated rings. The first-order valence-electron chi connectivity index (χ1n) is 5.67. The van der Waals surface area contributed by atoms with E-state index in [1.807, 2.05) is 37.4 Å². The topological polar surface area (TPSA) is 38.3 Å². The lowest BCUT2D eigenvalue weighted by Crippen LogP contribution is -2.09. The quantitative estimate of drug-likeness (QED) is 0.603. The van der Waals surface area contributed by atoms with E-state index in [1.54, 1.807) is 0 Å². The number of benzene rings is 1. The molecule has 0 unspecified atom stereocenters. The third kappa shape index (κ3) is 7.77. The molecule has 0 radical (unpaired) electrons. The first-order valence-corrected chi connectivity index (χ1v) is 5.67. The van der Waals surface area contributed by atoms with Gasteiger partial charge >= 0.3 is 5.97 Å². The van der Waals surface area contributed by atoms with Crippen LogP contribution >= 0.6 is 12.4 Å². The van der Waals surface area contributed by atoms with Gasteiger partial charge in [-0.3, -0.25) is 4.79 Å². The molecule has 4 heteroatoms. The van der Waals surface area contributed by atoms with Gasteiger partial charge in [-0.25, -0.2) is 0 Å². The summed E-state index contributed by atoms with van der Waals surface area (Å²) in [5, 5.41) is 3.05. The molecule has 0 saturated heterocycles. The Balaban J connectivity index is 0.00000256. The van der Waals surface area contributed by atoms with Gasteiger partial charge in [0, 0.05) is 6.42 Å². The van der Waals surface area contributed by atoms with Crippen molar-refractivity contribution >= 4 is 18.4 Å². The number of carbonyl (C=O) groups is 1. The summed E-state index contributed by atoms with van der Waals surface area (Å²) in [7, 11) is 1.91. The Labute approximate surface area is 109 Å². The van der Waals surface area contributed by atoms with Crippen LogP contribution in [0.2, 0.25) is 0 Å². The molecule has 1 aromatic rings. The summed E-state index contributed by atoms with van der Waals surface area (Å²) in [5.74, 6) is -0.111. The molecule has 1 aromatic carbocycles. The molecule has 17 heavy (non-hydrogen) atoms. The molecule has 0 aliphatic rings. The highest BCUT2D eigenvalue weighted by molar-refractivity contribution is 5.85. The second-order valence-electron chi connectivity index (χ2n) is 3.71. The minimum absolute atomic E-state index is 0. The molecular formula is C13H20ClNO2. The average Bonchev–Trinajstić information content (AvgIpc) is 2.33. The van der Waals surface area contributed by atoms with E-state index in [4.69, 9.17) is 4.74 Å². The van der Waals surface area contributed by atoms with Crippen LogP contribution in [0.4, 0.5) is 0 Å². The molecular weight excluding hydrogens is 238 g/mol. The molecule has 1 N–H and O–H groups in total. The van der Waals surface area contributed by atoms with Crippen LogP contribution in [0, 0.1) is 0 Å². The largest absolute Gasteiger partial charge is 0.461 e. The highest BCUT2D eigenvalue weighted by Gasteiger charge is 2.02. The van der Waals surface area contributed by atoms with E-state index < -0.39 is 0 Å². The molecule has 3 nitrogen and oxygen atoms in total. The van der Waals surface area contributed by atoms with Crippen LogP contribution < -0.4 is 5.32 Å². The van der Waals surface area contributed by atoms with Gasteiger partial charge in [-0.2, -0.15) is 0 Å². The average molecular weight is 258 g/mol. The van der Waals surface area contributed by atoms with Crippen molar-refractivity contribution in [3.05, 3.63) is 35.9 Å². The highest BCUT2D eigenvalue weighted by atomic mass is 35.5. The van der Waals surface area contributed by atoms with E-state index in [2.05, 4.69) is 5.32 Å². The molecule has 0 aromatic heterocycles. The summed E-state index contributed by atoms with van der Waals surface area (Å²) in [6, 6.07) is 9.73. The van der Waals surface area contributed by atoms with Crippen LogP contribution in [0.3, 0.4) is 0 Å². The molecule has 96 valence electrons. The maximum atomic E-state index is 11.3. The van der Waals surface area contributed by atoms with Gasteiger partial charge in [0.05, 0.1) is 0 Å². The summed E-state index contributed by atoms with van der Waals surface area (Å²) < 4.78 is 5.15. The Morgan fingerprint density at radius 2 is 1.94 bits per heavy atom. The zero-order valence-electron chi connectivity index (χ0n) is 10.1. The van der Waals surface area contributed by atoms with Gasteiger partial charge in [0.25, 0.3) is 0 Å². The number of esters is 1. The van der Waals surface area contributed by atoms with Crippen molar-refractivity contribution in [3.63, 3.8) is 0 Å². The second-order valence-corrected chi connectivity index (χ2v) is 3.71. The van der Waals surface area contributed by atoms with E-state index in [0.29, 0.717) is 13.0 Å². The van der Waals surface area contributed by atoms with Crippen LogP contribution in [0.25, 0.3) is 0 Å². The maximum Gasteiger partial charge on any atom is 0.306 e. The van der Waals surface area contributed by atoms with Crippen molar-refractivity contribution in [3.8, 4) is 0 Å². The Bertz CT molecular complexity index is 304. The van der Waals surface area contributed by atoms with Gasteiger partial charge in [0.15, 0.2) is 0 Å². The van der Waals surface area contributed by atoms with Gasteiger partial charge in [-0.1, -0.05) is 30.3 Å². The maximum absolute atomic E-state index is 11.3. The van der Waals surface area contributed by atoms with E-state index in [9.17, 15) is 4.79 Å². The smallest absolute Gasteiger partial charge is 0.306 e. The summed E-state index contributed by atoms with van der Waals surface area (Å²) in [4.78, 5) is 11.3. The van der Waals surface area contributed by atoms with E-state index >= 15 is 0 Å². The molecule has 0 heterocycles. The number of hydrogen-bond donors (Lipinski definition) is 1. The van der Waals surface area contributed by atoms with Crippen molar-refractivity contribution < 1.29 is 9.53 Å². The van der Waals surface area contributed by atoms with Crippen molar-refractivity contribution in [1.82, 2.24) is 5.32 Å². The van der Waals surface area contributed by atoms with Crippen molar-refractivity contribution in [1.29, 1.82) is 0 Å². The van der Waals surface area contributed by atoms with Crippen molar-refractivity contribution in [2.45, 2.75) is 25.9 Å². The molecule has 0 atom stereocenters. The predicted octanol–water partition coefficient (Wildman–Crippen LogP) is 2.54. The van der Waals surface area contributed by atoms with Gasteiger partial charge in [-0.15, -0.1) is 12.4 Å². The number of carbonyl (C=O) groups excluding carboxylic acids is 1. The first kappa shape index (κ1) is 15.9. The third-order valence-corrected chi connectivity index (χ3v) is 2.30. The second kappa shape index (κ2) is 10.1. The molecule has 1 rings (SSSR count). The Morgan fingerprint density at radius 3 is 2.59 bits per heavy atom. The zero-order chi connectivity index (χ0) is 11.6. The lowest BCUT2D eigenvalue weighted by molar-refractivity contribution is -0.145. The van der Waals surface area contributed by atoms with Crippen LogP contribution in [0.15, 0.2) is 30.3 Å². The monoisotopic (exact) mass is 257 g/mol. The summed E-state index contributed by atoms with van der Waals surface area (Å²) in [6.45, 7) is 1.33. The zero-order valence-corrected chi connectivity index (χ0v) is 11.0. The Morgan fingerprint density at radius 1 is 1.24 bits per heavy atom. The number of unbranched alkanes of at least 4 members (excludes halogenated alkanes) is 1.